The summed E-state index contributed by atoms with van der Waals surface area (Å²) in [5.41, 5.74) is -1.56. The zero-order chi connectivity index (χ0) is 14.3. The van der Waals surface area contributed by atoms with Crippen molar-refractivity contribution < 1.29 is 18.0 Å². The zero-order valence-corrected chi connectivity index (χ0v) is 10.8. The number of rotatable bonds is 2. The average Bonchev–Trinajstić information content (AvgIpc) is 2.83. The van der Waals surface area contributed by atoms with E-state index < -0.39 is 23.5 Å². The van der Waals surface area contributed by atoms with E-state index >= 15 is 0 Å². The first-order chi connectivity index (χ1) is 8.69. The molecule has 4 nitrogen and oxygen atoms in total. The summed E-state index contributed by atoms with van der Waals surface area (Å²) >= 11 is 0. The molecule has 0 radical (unpaired) electrons. The molecule has 106 valence electrons. The van der Waals surface area contributed by atoms with Gasteiger partial charge in [0.15, 0.2) is 11.4 Å². The lowest BCUT2D eigenvalue weighted by atomic mass is 9.92. The molecular weight excluding hydrogens is 259 g/mol. The summed E-state index contributed by atoms with van der Waals surface area (Å²) < 4.78 is 37.9. The first kappa shape index (κ1) is 13.9. The van der Waals surface area contributed by atoms with Crippen LogP contribution in [-0.2, 0) is 6.18 Å². The fourth-order valence-corrected chi connectivity index (χ4v) is 2.50. The van der Waals surface area contributed by atoms with Crippen LogP contribution in [-0.4, -0.2) is 21.9 Å². The van der Waals surface area contributed by atoms with E-state index in [1.54, 1.807) is 0 Å². The van der Waals surface area contributed by atoms with Gasteiger partial charge in [0.1, 0.15) is 0 Å². The number of carbonyl (C=O) groups excluding carboxylic acids is 1. The van der Waals surface area contributed by atoms with E-state index in [1.165, 1.54) is 0 Å². The topological polar surface area (TPSA) is 57.8 Å². The maximum Gasteiger partial charge on any atom is 0.433 e. The number of carbonyl (C=O) groups is 1. The molecule has 1 unspecified atom stereocenters. The molecule has 1 aromatic rings. The molecule has 7 heteroatoms. The third kappa shape index (κ3) is 3.08. The standard InChI is InChI=1S/C12H16F3N3O/c1-11(2)4-3-7(5-11)18-10(19)8-9(12(13,14)15)17-6-16-8/h6-7H,3-5H2,1-2H3,(H,16,17)(H,18,19). The second-order valence-electron chi connectivity index (χ2n) is 5.70. The first-order valence-electron chi connectivity index (χ1n) is 6.10. The summed E-state index contributed by atoms with van der Waals surface area (Å²) in [5.74, 6) is -0.767. The number of hydrogen-bond donors (Lipinski definition) is 2. The normalized spacial score (nSPS) is 22.5. The van der Waals surface area contributed by atoms with Gasteiger partial charge in [-0.3, -0.25) is 4.79 Å². The lowest BCUT2D eigenvalue weighted by Gasteiger charge is -2.17. The predicted molar refractivity (Wildman–Crippen MR) is 62.5 cm³/mol. The summed E-state index contributed by atoms with van der Waals surface area (Å²) in [7, 11) is 0. The Balaban J connectivity index is 2.08. The Morgan fingerprint density at radius 2 is 2.21 bits per heavy atom. The Morgan fingerprint density at radius 1 is 1.53 bits per heavy atom. The van der Waals surface area contributed by atoms with Crippen molar-refractivity contribution in [1.82, 2.24) is 15.3 Å². The number of H-pyrrole nitrogens is 1. The van der Waals surface area contributed by atoms with Crippen LogP contribution in [0.15, 0.2) is 6.33 Å². The highest BCUT2D eigenvalue weighted by atomic mass is 19.4. The highest BCUT2D eigenvalue weighted by Crippen LogP contribution is 2.37. The quantitative estimate of drug-likeness (QED) is 0.872. The van der Waals surface area contributed by atoms with Gasteiger partial charge in [-0.2, -0.15) is 13.2 Å². The summed E-state index contributed by atoms with van der Waals surface area (Å²) in [4.78, 5) is 17.3. The van der Waals surface area contributed by atoms with Gasteiger partial charge >= 0.3 is 6.18 Å². The molecule has 0 bridgehead atoms. The van der Waals surface area contributed by atoms with E-state index in [4.69, 9.17) is 0 Å². The number of nitrogens with one attached hydrogen (secondary N) is 2. The largest absolute Gasteiger partial charge is 0.433 e. The van der Waals surface area contributed by atoms with Crippen LogP contribution in [0.5, 0.6) is 0 Å². The van der Waals surface area contributed by atoms with Crippen molar-refractivity contribution in [2.45, 2.75) is 45.3 Å². The van der Waals surface area contributed by atoms with Gasteiger partial charge in [-0.1, -0.05) is 13.8 Å². The maximum absolute atomic E-state index is 12.6. The molecule has 0 aromatic carbocycles. The molecule has 0 spiro atoms. The fourth-order valence-electron chi connectivity index (χ4n) is 2.50. The van der Waals surface area contributed by atoms with Crippen LogP contribution in [0, 0.1) is 5.41 Å². The molecule has 1 fully saturated rings. The molecule has 2 N–H and O–H groups in total. The van der Waals surface area contributed by atoms with Crippen LogP contribution in [0.1, 0.15) is 49.3 Å². The molecule has 1 atom stereocenters. The van der Waals surface area contributed by atoms with Gasteiger partial charge in [-0.15, -0.1) is 0 Å². The number of aromatic amines is 1. The molecule has 1 aromatic heterocycles. The van der Waals surface area contributed by atoms with Crippen LogP contribution >= 0.6 is 0 Å². The minimum atomic E-state index is -4.60. The van der Waals surface area contributed by atoms with Gasteiger partial charge in [-0.25, -0.2) is 4.98 Å². The SMILES string of the molecule is CC1(C)CCC(NC(=O)c2nc[nH]c2C(F)(F)F)C1. The monoisotopic (exact) mass is 275 g/mol. The molecule has 1 aliphatic carbocycles. The van der Waals surface area contributed by atoms with Crippen molar-refractivity contribution >= 4 is 5.91 Å². The minimum absolute atomic E-state index is 0.0831. The van der Waals surface area contributed by atoms with Gasteiger partial charge in [-0.05, 0) is 24.7 Å². The summed E-state index contributed by atoms with van der Waals surface area (Å²) in [6.45, 7) is 4.16. The summed E-state index contributed by atoms with van der Waals surface area (Å²) in [6, 6.07) is -0.0831. The molecule has 1 heterocycles. The van der Waals surface area contributed by atoms with Crippen LogP contribution in [0.3, 0.4) is 0 Å². The maximum atomic E-state index is 12.6. The molecule has 0 aliphatic heterocycles. The number of nitrogens with zero attached hydrogens (tertiary/aromatic N) is 1. The Labute approximate surface area is 108 Å². The lowest BCUT2D eigenvalue weighted by Crippen LogP contribution is -2.35. The van der Waals surface area contributed by atoms with Crippen LogP contribution in [0.25, 0.3) is 0 Å². The summed E-state index contributed by atoms with van der Waals surface area (Å²) in [5, 5.41) is 2.63. The van der Waals surface area contributed by atoms with E-state index in [9.17, 15) is 18.0 Å². The Bertz CT molecular complexity index is 479. The van der Waals surface area contributed by atoms with E-state index in [0.717, 1.165) is 25.6 Å². The lowest BCUT2D eigenvalue weighted by molar-refractivity contribution is -0.141. The van der Waals surface area contributed by atoms with Crippen molar-refractivity contribution in [2.75, 3.05) is 0 Å². The van der Waals surface area contributed by atoms with Crippen molar-refractivity contribution in [1.29, 1.82) is 0 Å². The highest BCUT2D eigenvalue weighted by Gasteiger charge is 2.39. The number of alkyl halides is 3. The fraction of sp³-hybridized carbons (Fsp3) is 0.667. The average molecular weight is 275 g/mol. The first-order valence-corrected chi connectivity index (χ1v) is 6.10. The van der Waals surface area contributed by atoms with E-state index in [-0.39, 0.29) is 11.5 Å². The van der Waals surface area contributed by atoms with Crippen molar-refractivity contribution in [3.05, 3.63) is 17.7 Å². The minimum Gasteiger partial charge on any atom is -0.348 e. The van der Waals surface area contributed by atoms with E-state index in [2.05, 4.69) is 24.1 Å². The van der Waals surface area contributed by atoms with Crippen molar-refractivity contribution in [3.63, 3.8) is 0 Å². The molecule has 1 saturated carbocycles. The van der Waals surface area contributed by atoms with Gasteiger partial charge in [0.25, 0.3) is 5.91 Å². The summed E-state index contributed by atoms with van der Waals surface area (Å²) in [6.07, 6.45) is -1.21. The number of halogens is 3. The van der Waals surface area contributed by atoms with Gasteiger partial charge in [0.2, 0.25) is 0 Å². The van der Waals surface area contributed by atoms with Crippen LogP contribution in [0.2, 0.25) is 0 Å². The van der Waals surface area contributed by atoms with Crippen molar-refractivity contribution in [3.8, 4) is 0 Å². The zero-order valence-electron chi connectivity index (χ0n) is 10.8. The molecule has 19 heavy (non-hydrogen) atoms. The third-order valence-corrected chi connectivity index (χ3v) is 3.44. The third-order valence-electron chi connectivity index (χ3n) is 3.44. The number of aromatic nitrogens is 2. The molecule has 0 saturated heterocycles. The van der Waals surface area contributed by atoms with E-state index in [1.807, 2.05) is 4.98 Å². The molecule has 2 rings (SSSR count). The number of hydrogen-bond acceptors (Lipinski definition) is 2. The second kappa shape index (κ2) is 4.54. The smallest absolute Gasteiger partial charge is 0.348 e. The number of imidazole rings is 1. The Kier molecular flexibility index (Phi) is 3.32. The predicted octanol–water partition coefficient (Wildman–Crippen LogP) is 2.74. The van der Waals surface area contributed by atoms with Gasteiger partial charge in [0.05, 0.1) is 6.33 Å². The molecule has 1 amide bonds. The van der Waals surface area contributed by atoms with Gasteiger partial charge < -0.3 is 10.3 Å². The van der Waals surface area contributed by atoms with Crippen molar-refractivity contribution in [2.24, 2.45) is 5.41 Å². The highest BCUT2D eigenvalue weighted by molar-refractivity contribution is 5.93. The van der Waals surface area contributed by atoms with E-state index in [0.29, 0.717) is 0 Å². The van der Waals surface area contributed by atoms with Gasteiger partial charge in [0, 0.05) is 6.04 Å². The van der Waals surface area contributed by atoms with Crippen LogP contribution < -0.4 is 5.32 Å². The Morgan fingerprint density at radius 3 is 2.74 bits per heavy atom. The second-order valence-corrected chi connectivity index (χ2v) is 5.70. The number of amides is 1. The van der Waals surface area contributed by atoms with Crippen LogP contribution in [0.4, 0.5) is 13.2 Å². The molecular formula is C12H16F3N3O. The Hall–Kier alpha value is -1.53. The molecule has 1 aliphatic rings.